The van der Waals surface area contributed by atoms with Crippen LogP contribution < -0.4 is 9.64 Å². The van der Waals surface area contributed by atoms with Gasteiger partial charge >= 0.3 is 6.18 Å². The third-order valence-corrected chi connectivity index (χ3v) is 6.05. The molecule has 0 unspecified atom stereocenters. The molecule has 0 N–H and O–H groups in total. The zero-order valence-corrected chi connectivity index (χ0v) is 16.8. The molecule has 1 aliphatic carbocycles. The quantitative estimate of drug-likeness (QED) is 0.738. The number of hydrogen-bond acceptors (Lipinski definition) is 6. The highest BCUT2D eigenvalue weighted by molar-refractivity contribution is 5.78. The van der Waals surface area contributed by atoms with E-state index in [1.165, 1.54) is 6.07 Å². The predicted octanol–water partition coefficient (Wildman–Crippen LogP) is 3.03. The number of nitrogens with zero attached hydrogens (tertiary/aromatic N) is 5. The van der Waals surface area contributed by atoms with Gasteiger partial charge in [-0.05, 0) is 25.0 Å². The van der Waals surface area contributed by atoms with Crippen LogP contribution in [0, 0.1) is 0 Å². The molecule has 5 rings (SSSR count). The Morgan fingerprint density at radius 1 is 1.03 bits per heavy atom. The van der Waals surface area contributed by atoms with E-state index in [9.17, 15) is 18.0 Å². The molecule has 2 aromatic heterocycles. The summed E-state index contributed by atoms with van der Waals surface area (Å²) in [5.41, 5.74) is 0.203. The zero-order chi connectivity index (χ0) is 21.6. The molecule has 0 aromatic carbocycles. The maximum atomic E-state index is 12.8. The fourth-order valence-electron chi connectivity index (χ4n) is 4.25. The Balaban J connectivity index is 1.25. The van der Waals surface area contributed by atoms with Crippen molar-refractivity contribution in [2.24, 2.45) is 0 Å². The summed E-state index contributed by atoms with van der Waals surface area (Å²) in [5, 5.41) is 0. The number of ether oxygens (including phenoxy) is 1. The van der Waals surface area contributed by atoms with Crippen molar-refractivity contribution in [2.45, 2.75) is 49.9 Å². The van der Waals surface area contributed by atoms with Gasteiger partial charge in [0, 0.05) is 38.0 Å². The molecule has 10 heteroatoms. The summed E-state index contributed by atoms with van der Waals surface area (Å²) in [6.07, 6.45) is 2.81. The standard InChI is InChI=1S/C21H22F3N5O2/c22-21(23,24)14-3-4-18(26-8-14)28-6-5-20(30)29-12-16(7-15(29)11-28)31-19-10-25-17(9-27-19)13-1-2-13/h3-4,8-10,13,15-16H,1-2,5-7,11-12H2/t15-,16-/m0/s1. The Hall–Kier alpha value is -2.91. The third-order valence-electron chi connectivity index (χ3n) is 6.05. The number of anilines is 1. The van der Waals surface area contributed by atoms with Gasteiger partial charge in [0.2, 0.25) is 11.8 Å². The summed E-state index contributed by atoms with van der Waals surface area (Å²) in [6.45, 7) is 1.38. The molecule has 2 aromatic rings. The van der Waals surface area contributed by atoms with Gasteiger partial charge in [0.1, 0.15) is 11.9 Å². The minimum atomic E-state index is -4.42. The lowest BCUT2D eigenvalue weighted by atomic mass is 10.2. The molecule has 2 aliphatic heterocycles. The van der Waals surface area contributed by atoms with Gasteiger partial charge in [-0.1, -0.05) is 0 Å². The van der Waals surface area contributed by atoms with Gasteiger partial charge in [-0.25, -0.2) is 9.97 Å². The van der Waals surface area contributed by atoms with E-state index in [0.717, 1.165) is 30.8 Å². The van der Waals surface area contributed by atoms with E-state index in [4.69, 9.17) is 4.74 Å². The summed E-state index contributed by atoms with van der Waals surface area (Å²) in [4.78, 5) is 29.1. The summed E-state index contributed by atoms with van der Waals surface area (Å²) in [6, 6.07) is 2.29. The summed E-state index contributed by atoms with van der Waals surface area (Å²) in [7, 11) is 0. The molecule has 1 saturated carbocycles. The van der Waals surface area contributed by atoms with Crippen LogP contribution in [0.25, 0.3) is 0 Å². The number of alkyl halides is 3. The van der Waals surface area contributed by atoms with Crippen LogP contribution >= 0.6 is 0 Å². The highest BCUT2D eigenvalue weighted by Crippen LogP contribution is 2.38. The van der Waals surface area contributed by atoms with Gasteiger partial charge in [-0.3, -0.25) is 9.78 Å². The van der Waals surface area contributed by atoms with Crippen LogP contribution in [-0.2, 0) is 11.0 Å². The Labute approximate surface area is 177 Å². The number of amides is 1. The number of pyridine rings is 1. The SMILES string of the molecule is O=C1CCN(c2ccc(C(F)(F)F)cn2)C[C@@H]2C[C@H](Oc3cnc(C4CC4)cn3)CN12. The largest absolute Gasteiger partial charge is 0.471 e. The Bertz CT molecular complexity index is 947. The number of rotatable bonds is 4. The average molecular weight is 433 g/mol. The summed E-state index contributed by atoms with van der Waals surface area (Å²) < 4.78 is 44.4. The molecule has 31 heavy (non-hydrogen) atoms. The molecule has 7 nitrogen and oxygen atoms in total. The smallest absolute Gasteiger partial charge is 0.417 e. The molecule has 4 heterocycles. The van der Waals surface area contributed by atoms with Gasteiger partial charge < -0.3 is 14.5 Å². The van der Waals surface area contributed by atoms with E-state index in [1.54, 1.807) is 17.3 Å². The number of carbonyl (C=O) groups is 1. The monoisotopic (exact) mass is 433 g/mol. The zero-order valence-electron chi connectivity index (χ0n) is 16.8. The number of carbonyl (C=O) groups excluding carboxylic acids is 1. The molecule has 3 fully saturated rings. The van der Waals surface area contributed by atoms with Crippen molar-refractivity contribution in [1.82, 2.24) is 19.9 Å². The van der Waals surface area contributed by atoms with E-state index in [2.05, 4.69) is 15.0 Å². The van der Waals surface area contributed by atoms with E-state index in [1.807, 2.05) is 4.90 Å². The van der Waals surface area contributed by atoms with Crippen molar-refractivity contribution in [3.63, 3.8) is 0 Å². The fraction of sp³-hybridized carbons (Fsp3) is 0.524. The van der Waals surface area contributed by atoms with Gasteiger partial charge in [0.15, 0.2) is 0 Å². The van der Waals surface area contributed by atoms with Gasteiger partial charge in [0.05, 0.1) is 36.2 Å². The van der Waals surface area contributed by atoms with Gasteiger partial charge in [0.25, 0.3) is 0 Å². The van der Waals surface area contributed by atoms with Crippen LogP contribution in [0.5, 0.6) is 5.88 Å². The Kier molecular flexibility index (Phi) is 4.94. The second-order valence-corrected chi connectivity index (χ2v) is 8.33. The normalized spacial score (nSPS) is 24.2. The van der Waals surface area contributed by atoms with Crippen molar-refractivity contribution < 1.29 is 22.7 Å². The molecule has 2 atom stereocenters. The van der Waals surface area contributed by atoms with Crippen molar-refractivity contribution in [1.29, 1.82) is 0 Å². The fourth-order valence-corrected chi connectivity index (χ4v) is 4.25. The van der Waals surface area contributed by atoms with E-state index >= 15 is 0 Å². The molecule has 164 valence electrons. The number of hydrogen-bond donors (Lipinski definition) is 0. The van der Waals surface area contributed by atoms with Gasteiger partial charge in [-0.2, -0.15) is 13.2 Å². The molecule has 2 saturated heterocycles. The van der Waals surface area contributed by atoms with Crippen molar-refractivity contribution >= 4 is 11.7 Å². The molecule has 0 spiro atoms. The van der Waals surface area contributed by atoms with Crippen molar-refractivity contribution in [3.8, 4) is 5.88 Å². The minimum absolute atomic E-state index is 0.0145. The number of fused-ring (bicyclic) bond motifs is 1. The van der Waals surface area contributed by atoms with Gasteiger partial charge in [-0.15, -0.1) is 0 Å². The predicted molar refractivity (Wildman–Crippen MR) is 105 cm³/mol. The van der Waals surface area contributed by atoms with Crippen molar-refractivity contribution in [3.05, 3.63) is 42.0 Å². The molecule has 0 bridgehead atoms. The maximum absolute atomic E-state index is 12.8. The van der Waals surface area contributed by atoms with E-state index < -0.39 is 11.7 Å². The molecular weight excluding hydrogens is 411 g/mol. The van der Waals surface area contributed by atoms with E-state index in [0.29, 0.717) is 43.7 Å². The first-order valence-corrected chi connectivity index (χ1v) is 10.4. The first-order chi connectivity index (χ1) is 14.9. The first-order valence-electron chi connectivity index (χ1n) is 10.4. The molecular formula is C21H22F3N5O2. The number of halogens is 3. The topological polar surface area (TPSA) is 71.5 Å². The lowest BCUT2D eigenvalue weighted by Crippen LogP contribution is -2.38. The third kappa shape index (κ3) is 4.28. The first kappa shape index (κ1) is 20.0. The Morgan fingerprint density at radius 2 is 1.87 bits per heavy atom. The van der Waals surface area contributed by atoms with Crippen LogP contribution in [0.3, 0.4) is 0 Å². The number of aromatic nitrogens is 3. The summed E-state index contributed by atoms with van der Waals surface area (Å²) in [5.74, 6) is 1.42. The Morgan fingerprint density at radius 3 is 2.52 bits per heavy atom. The maximum Gasteiger partial charge on any atom is 0.417 e. The van der Waals surface area contributed by atoms with Crippen LogP contribution in [0.1, 0.15) is 42.9 Å². The highest BCUT2D eigenvalue weighted by atomic mass is 19.4. The summed E-state index contributed by atoms with van der Waals surface area (Å²) >= 11 is 0. The lowest BCUT2D eigenvalue weighted by molar-refractivity contribution is -0.137. The van der Waals surface area contributed by atoms with Crippen LogP contribution in [-0.4, -0.2) is 57.5 Å². The van der Waals surface area contributed by atoms with Crippen LogP contribution in [0.15, 0.2) is 30.7 Å². The second-order valence-electron chi connectivity index (χ2n) is 8.33. The highest BCUT2D eigenvalue weighted by Gasteiger charge is 2.40. The molecule has 0 radical (unpaired) electrons. The lowest BCUT2D eigenvalue weighted by Gasteiger charge is -2.26. The van der Waals surface area contributed by atoms with Crippen LogP contribution in [0.2, 0.25) is 0 Å². The average Bonchev–Trinajstić information content (AvgIpc) is 3.54. The second kappa shape index (κ2) is 7.65. The minimum Gasteiger partial charge on any atom is -0.471 e. The molecule has 1 amide bonds. The van der Waals surface area contributed by atoms with Crippen molar-refractivity contribution in [2.75, 3.05) is 24.5 Å². The van der Waals surface area contributed by atoms with Crippen LogP contribution in [0.4, 0.5) is 19.0 Å². The van der Waals surface area contributed by atoms with E-state index in [-0.39, 0.29) is 24.5 Å². The molecule has 3 aliphatic rings.